The Balaban J connectivity index is 1.78. The molecule has 0 aliphatic carbocycles. The van der Waals surface area contributed by atoms with Crippen LogP contribution in [-0.2, 0) is 6.42 Å². The number of piperidine rings is 1. The van der Waals surface area contributed by atoms with Gasteiger partial charge in [0.05, 0.1) is 0 Å². The van der Waals surface area contributed by atoms with Crippen LogP contribution in [-0.4, -0.2) is 22.6 Å². The average Bonchev–Trinajstić information content (AvgIpc) is 2.72. The third kappa shape index (κ3) is 1.93. The lowest BCUT2D eigenvalue weighted by Crippen LogP contribution is -2.35. The average molecular weight is 217 g/mol. The molecule has 0 bridgehead atoms. The van der Waals surface area contributed by atoms with Crippen LogP contribution in [0.4, 0.5) is 0 Å². The molecule has 84 valence electrons. The van der Waals surface area contributed by atoms with Crippen LogP contribution in [0.25, 0.3) is 11.2 Å². The van der Waals surface area contributed by atoms with E-state index in [1.165, 1.54) is 19.3 Å². The van der Waals surface area contributed by atoms with Crippen LogP contribution in [0.1, 0.15) is 25.2 Å². The van der Waals surface area contributed by atoms with Gasteiger partial charge >= 0.3 is 0 Å². The zero-order chi connectivity index (χ0) is 10.8. The fraction of sp³-hybridized carbons (Fsp3) is 0.500. The molecular weight excluding hydrogens is 202 g/mol. The zero-order valence-corrected chi connectivity index (χ0v) is 9.15. The molecular formula is C12H15N3O. The topological polar surface area (TPSA) is 51.0 Å². The fourth-order valence-electron chi connectivity index (χ4n) is 2.21. The van der Waals surface area contributed by atoms with Gasteiger partial charge < -0.3 is 9.73 Å². The number of hydrogen-bond acceptors (Lipinski definition) is 4. The summed E-state index contributed by atoms with van der Waals surface area (Å²) in [5, 5.41) is 3.49. The van der Waals surface area contributed by atoms with Crippen LogP contribution >= 0.6 is 0 Å². The highest BCUT2D eigenvalue weighted by molar-refractivity contribution is 5.66. The lowest BCUT2D eigenvalue weighted by atomic mass is 10.0. The lowest BCUT2D eigenvalue weighted by molar-refractivity contribution is 0.372. The summed E-state index contributed by atoms with van der Waals surface area (Å²) in [6.07, 6.45) is 6.41. The lowest BCUT2D eigenvalue weighted by Gasteiger charge is -2.21. The first-order valence-electron chi connectivity index (χ1n) is 5.85. The summed E-state index contributed by atoms with van der Waals surface area (Å²) in [5.41, 5.74) is 1.50. The van der Waals surface area contributed by atoms with E-state index in [1.54, 1.807) is 6.20 Å². The summed E-state index contributed by atoms with van der Waals surface area (Å²) in [6, 6.07) is 4.30. The summed E-state index contributed by atoms with van der Waals surface area (Å²) in [5.74, 6) is 0.799. The highest BCUT2D eigenvalue weighted by Crippen LogP contribution is 2.16. The first-order chi connectivity index (χ1) is 7.92. The highest BCUT2D eigenvalue weighted by Gasteiger charge is 2.16. The van der Waals surface area contributed by atoms with E-state index in [-0.39, 0.29) is 0 Å². The van der Waals surface area contributed by atoms with Crippen LogP contribution in [0.3, 0.4) is 0 Å². The van der Waals surface area contributed by atoms with Crippen LogP contribution in [0.2, 0.25) is 0 Å². The van der Waals surface area contributed by atoms with E-state index < -0.39 is 0 Å². The number of rotatable bonds is 2. The van der Waals surface area contributed by atoms with Crippen LogP contribution < -0.4 is 5.32 Å². The van der Waals surface area contributed by atoms with Gasteiger partial charge in [-0.25, -0.2) is 4.98 Å². The molecule has 4 heteroatoms. The number of hydrogen-bond donors (Lipinski definition) is 1. The van der Waals surface area contributed by atoms with E-state index >= 15 is 0 Å². The molecule has 3 rings (SSSR count). The minimum absolute atomic E-state index is 0.516. The minimum atomic E-state index is 0.516. The Bertz CT molecular complexity index is 441. The third-order valence-corrected chi connectivity index (χ3v) is 3.04. The molecule has 2 aromatic rings. The van der Waals surface area contributed by atoms with Gasteiger partial charge in [0, 0.05) is 18.7 Å². The van der Waals surface area contributed by atoms with Crippen molar-refractivity contribution < 1.29 is 4.42 Å². The second-order valence-corrected chi connectivity index (χ2v) is 4.28. The van der Waals surface area contributed by atoms with E-state index in [9.17, 15) is 0 Å². The van der Waals surface area contributed by atoms with Crippen molar-refractivity contribution in [1.29, 1.82) is 0 Å². The predicted molar refractivity (Wildman–Crippen MR) is 61.1 cm³/mol. The molecule has 1 fully saturated rings. The molecule has 16 heavy (non-hydrogen) atoms. The molecule has 0 saturated carbocycles. The number of oxazole rings is 1. The van der Waals surface area contributed by atoms with Crippen LogP contribution in [0, 0.1) is 0 Å². The molecule has 0 spiro atoms. The van der Waals surface area contributed by atoms with Gasteiger partial charge in [0.15, 0.2) is 17.1 Å². The smallest absolute Gasteiger partial charge is 0.198 e. The standard InChI is InChI=1S/C12H15N3O/c1-2-6-13-9(4-1)8-11-15-12-10(16-11)5-3-7-14-12/h3,5,7,9,13H,1-2,4,6,8H2. The van der Waals surface area contributed by atoms with E-state index in [0.717, 1.165) is 24.4 Å². The third-order valence-electron chi connectivity index (χ3n) is 3.04. The molecule has 1 N–H and O–H groups in total. The number of fused-ring (bicyclic) bond motifs is 1. The largest absolute Gasteiger partial charge is 0.439 e. The number of aromatic nitrogens is 2. The maximum atomic E-state index is 5.66. The quantitative estimate of drug-likeness (QED) is 0.834. The Morgan fingerprint density at radius 2 is 2.44 bits per heavy atom. The Kier molecular flexibility index (Phi) is 2.58. The van der Waals surface area contributed by atoms with Crippen molar-refractivity contribution in [3.05, 3.63) is 24.2 Å². The van der Waals surface area contributed by atoms with Crippen molar-refractivity contribution in [3.8, 4) is 0 Å². The van der Waals surface area contributed by atoms with Gasteiger partial charge in [-0.2, -0.15) is 4.98 Å². The number of nitrogens with zero attached hydrogens (tertiary/aromatic N) is 2. The number of nitrogens with one attached hydrogen (secondary N) is 1. The number of pyridine rings is 1. The van der Waals surface area contributed by atoms with Crippen LogP contribution in [0.15, 0.2) is 22.7 Å². The molecule has 1 saturated heterocycles. The monoisotopic (exact) mass is 217 g/mol. The summed E-state index contributed by atoms with van der Waals surface area (Å²) in [4.78, 5) is 8.56. The summed E-state index contributed by atoms with van der Waals surface area (Å²) < 4.78 is 5.66. The highest BCUT2D eigenvalue weighted by atomic mass is 16.3. The maximum Gasteiger partial charge on any atom is 0.198 e. The van der Waals surface area contributed by atoms with Gasteiger partial charge in [0.2, 0.25) is 0 Å². The van der Waals surface area contributed by atoms with Gasteiger partial charge in [-0.05, 0) is 31.5 Å². The van der Waals surface area contributed by atoms with E-state index in [4.69, 9.17) is 4.42 Å². The van der Waals surface area contributed by atoms with Crippen molar-refractivity contribution in [1.82, 2.24) is 15.3 Å². The summed E-state index contributed by atoms with van der Waals surface area (Å²) >= 11 is 0. The molecule has 2 aromatic heterocycles. The van der Waals surface area contributed by atoms with Gasteiger partial charge in [0.1, 0.15) is 0 Å². The fourth-order valence-corrected chi connectivity index (χ4v) is 2.21. The molecule has 0 amide bonds. The Morgan fingerprint density at radius 1 is 1.44 bits per heavy atom. The second-order valence-electron chi connectivity index (χ2n) is 4.28. The van der Waals surface area contributed by atoms with Crippen molar-refractivity contribution in [3.63, 3.8) is 0 Å². The first-order valence-corrected chi connectivity index (χ1v) is 5.85. The van der Waals surface area contributed by atoms with Gasteiger partial charge in [0.25, 0.3) is 0 Å². The maximum absolute atomic E-state index is 5.66. The summed E-state index contributed by atoms with van der Waals surface area (Å²) in [6.45, 7) is 1.11. The first kappa shape index (κ1) is 9.78. The van der Waals surface area contributed by atoms with Crippen LogP contribution in [0.5, 0.6) is 0 Å². The molecule has 1 atom stereocenters. The van der Waals surface area contributed by atoms with Gasteiger partial charge in [-0.3, -0.25) is 0 Å². The molecule has 1 aliphatic heterocycles. The molecule has 1 unspecified atom stereocenters. The van der Waals surface area contributed by atoms with E-state index in [0.29, 0.717) is 11.7 Å². The molecule has 4 nitrogen and oxygen atoms in total. The van der Waals surface area contributed by atoms with Crippen molar-refractivity contribution in [2.45, 2.75) is 31.7 Å². The van der Waals surface area contributed by atoms with E-state index in [2.05, 4.69) is 15.3 Å². The normalized spacial score (nSPS) is 21.4. The Hall–Kier alpha value is -1.42. The minimum Gasteiger partial charge on any atom is -0.439 e. The Labute approximate surface area is 94.1 Å². The summed E-state index contributed by atoms with van der Waals surface area (Å²) in [7, 11) is 0. The molecule has 3 heterocycles. The van der Waals surface area contributed by atoms with Gasteiger partial charge in [-0.1, -0.05) is 6.42 Å². The molecule has 0 radical (unpaired) electrons. The van der Waals surface area contributed by atoms with Crippen molar-refractivity contribution in [2.24, 2.45) is 0 Å². The predicted octanol–water partition coefficient (Wildman–Crippen LogP) is 1.91. The SMILES string of the molecule is c1cnc2nc(CC3CCCCN3)oc2c1. The molecule has 1 aliphatic rings. The van der Waals surface area contributed by atoms with Crippen molar-refractivity contribution >= 4 is 11.2 Å². The van der Waals surface area contributed by atoms with Gasteiger partial charge in [-0.15, -0.1) is 0 Å². The second kappa shape index (κ2) is 4.22. The zero-order valence-electron chi connectivity index (χ0n) is 9.15. The van der Waals surface area contributed by atoms with Crippen molar-refractivity contribution in [2.75, 3.05) is 6.54 Å². The molecule has 0 aromatic carbocycles. The van der Waals surface area contributed by atoms with E-state index in [1.807, 2.05) is 12.1 Å². The Morgan fingerprint density at radius 3 is 3.25 bits per heavy atom.